The molecule has 6 rings (SSSR count). The van der Waals surface area contributed by atoms with Crippen LogP contribution in [-0.4, -0.2) is 97.4 Å². The molecule has 10 atom stereocenters. The normalized spacial score (nSPS) is 52.2. The molecule has 6 heterocycles. The molecule has 0 spiro atoms. The fourth-order valence-corrected chi connectivity index (χ4v) is 6.21. The molecular weight excluding hydrogens is 448 g/mol. The maximum Gasteiger partial charge on any atom is 0.164 e. The lowest BCUT2D eigenvalue weighted by Gasteiger charge is -2.31. The summed E-state index contributed by atoms with van der Waals surface area (Å²) < 4.78 is 62.5. The molecule has 0 amide bonds. The number of fused-ring (bicyclic) bond motifs is 2. The molecular formula is C24H38O10. The Morgan fingerprint density at radius 1 is 0.382 bits per heavy atom. The lowest BCUT2D eigenvalue weighted by molar-refractivity contribution is -0.241. The molecule has 0 N–H and O–H groups in total. The van der Waals surface area contributed by atoms with Gasteiger partial charge >= 0.3 is 0 Å². The summed E-state index contributed by atoms with van der Waals surface area (Å²) in [6, 6.07) is 0. The first kappa shape index (κ1) is 24.0. The van der Waals surface area contributed by atoms with Crippen molar-refractivity contribution in [2.45, 2.75) is 140 Å². The van der Waals surface area contributed by atoms with Crippen LogP contribution >= 0.6 is 0 Å². The van der Waals surface area contributed by atoms with Crippen LogP contribution in [0.15, 0.2) is 0 Å². The summed E-state index contributed by atoms with van der Waals surface area (Å²) in [5.41, 5.74) is 0. The first-order valence-electron chi connectivity index (χ1n) is 12.4. The SMILES string of the molecule is CC1(C)O[C@H]2[C@@H]([C@H]3O[C@@H]([C@H]4COC(C)(C)O4)[C@H]4OC(C)(C)O[C@@H]34)O[C@@H]([C@H]3COC(C)(C)O3)[C@H]2O1. The van der Waals surface area contributed by atoms with Crippen LogP contribution in [0.2, 0.25) is 0 Å². The minimum Gasteiger partial charge on any atom is -0.364 e. The lowest BCUT2D eigenvalue weighted by Crippen LogP contribution is -2.45. The smallest absolute Gasteiger partial charge is 0.164 e. The van der Waals surface area contributed by atoms with Crippen molar-refractivity contribution < 1.29 is 47.4 Å². The van der Waals surface area contributed by atoms with Crippen LogP contribution in [-0.2, 0) is 47.4 Å². The van der Waals surface area contributed by atoms with Crippen molar-refractivity contribution in [2.24, 2.45) is 0 Å². The number of hydrogen-bond acceptors (Lipinski definition) is 10. The maximum absolute atomic E-state index is 6.62. The predicted molar refractivity (Wildman–Crippen MR) is 115 cm³/mol. The van der Waals surface area contributed by atoms with Gasteiger partial charge in [0, 0.05) is 0 Å². The van der Waals surface area contributed by atoms with Crippen LogP contribution in [0.5, 0.6) is 0 Å². The van der Waals surface area contributed by atoms with Crippen LogP contribution in [0.1, 0.15) is 55.4 Å². The molecule has 10 nitrogen and oxygen atoms in total. The van der Waals surface area contributed by atoms with Gasteiger partial charge in [-0.3, -0.25) is 0 Å². The average molecular weight is 487 g/mol. The zero-order valence-electron chi connectivity index (χ0n) is 21.3. The van der Waals surface area contributed by atoms with Gasteiger partial charge in [0.2, 0.25) is 0 Å². The second-order valence-corrected chi connectivity index (χ2v) is 12.0. The van der Waals surface area contributed by atoms with Crippen molar-refractivity contribution >= 4 is 0 Å². The van der Waals surface area contributed by atoms with Crippen LogP contribution < -0.4 is 0 Å². The topological polar surface area (TPSA) is 92.3 Å². The minimum atomic E-state index is -0.749. The number of ether oxygens (including phenoxy) is 10. The molecule has 0 radical (unpaired) electrons. The van der Waals surface area contributed by atoms with E-state index in [4.69, 9.17) is 47.4 Å². The predicted octanol–water partition coefficient (Wildman–Crippen LogP) is 1.86. The molecule has 0 saturated carbocycles. The van der Waals surface area contributed by atoms with Gasteiger partial charge < -0.3 is 47.4 Å². The molecule has 0 aromatic carbocycles. The molecule has 0 unspecified atom stereocenters. The Kier molecular flexibility index (Phi) is 5.33. The van der Waals surface area contributed by atoms with E-state index in [1.807, 2.05) is 55.4 Å². The zero-order chi connectivity index (χ0) is 24.3. The Balaban J connectivity index is 1.28. The van der Waals surface area contributed by atoms with E-state index in [-0.39, 0.29) is 48.8 Å². The molecule has 10 heteroatoms. The van der Waals surface area contributed by atoms with Gasteiger partial charge in [-0.15, -0.1) is 0 Å². The van der Waals surface area contributed by atoms with E-state index in [0.29, 0.717) is 13.2 Å². The Hall–Kier alpha value is -0.400. The Morgan fingerprint density at radius 3 is 1.00 bits per heavy atom. The summed E-state index contributed by atoms with van der Waals surface area (Å²) in [6.07, 6.45) is -3.47. The average Bonchev–Trinajstić information content (AvgIpc) is 3.48. The second-order valence-electron chi connectivity index (χ2n) is 12.0. The highest BCUT2D eigenvalue weighted by Gasteiger charge is 2.67. The Labute approximate surface area is 200 Å². The van der Waals surface area contributed by atoms with E-state index >= 15 is 0 Å². The lowest BCUT2D eigenvalue weighted by atomic mass is 9.97. The first-order chi connectivity index (χ1) is 15.7. The van der Waals surface area contributed by atoms with E-state index < -0.39 is 35.4 Å². The Bertz CT molecular complexity index is 746. The molecule has 194 valence electrons. The minimum absolute atomic E-state index is 0.275. The fraction of sp³-hybridized carbons (Fsp3) is 1.00. The van der Waals surface area contributed by atoms with Crippen molar-refractivity contribution in [3.8, 4) is 0 Å². The third-order valence-electron chi connectivity index (χ3n) is 7.37. The van der Waals surface area contributed by atoms with Gasteiger partial charge in [0.25, 0.3) is 0 Å². The van der Waals surface area contributed by atoms with E-state index in [2.05, 4.69) is 0 Å². The third-order valence-corrected chi connectivity index (χ3v) is 7.37. The highest BCUT2D eigenvalue weighted by molar-refractivity contribution is 5.11. The third kappa shape index (κ3) is 4.04. The van der Waals surface area contributed by atoms with Crippen molar-refractivity contribution in [1.29, 1.82) is 0 Å². The molecule has 6 aliphatic heterocycles. The van der Waals surface area contributed by atoms with Crippen LogP contribution in [0, 0.1) is 0 Å². The van der Waals surface area contributed by atoms with Crippen molar-refractivity contribution in [3.63, 3.8) is 0 Å². The molecule has 0 aromatic rings. The highest BCUT2D eigenvalue weighted by atomic mass is 16.8. The van der Waals surface area contributed by atoms with Gasteiger partial charge in [-0.05, 0) is 55.4 Å². The van der Waals surface area contributed by atoms with E-state index in [1.54, 1.807) is 0 Å². The summed E-state index contributed by atoms with van der Waals surface area (Å²) in [5, 5.41) is 0. The summed E-state index contributed by atoms with van der Waals surface area (Å²) in [7, 11) is 0. The molecule has 0 aromatic heterocycles. The molecule has 6 aliphatic rings. The van der Waals surface area contributed by atoms with E-state index in [1.165, 1.54) is 0 Å². The summed E-state index contributed by atoms with van der Waals surface area (Å²) >= 11 is 0. The van der Waals surface area contributed by atoms with Gasteiger partial charge in [0.05, 0.1) is 13.2 Å². The Morgan fingerprint density at radius 2 is 0.706 bits per heavy atom. The van der Waals surface area contributed by atoms with Crippen molar-refractivity contribution in [2.75, 3.05) is 13.2 Å². The summed E-state index contributed by atoms with van der Waals surface area (Å²) in [5.74, 6) is -2.84. The molecule has 34 heavy (non-hydrogen) atoms. The number of rotatable bonds is 3. The van der Waals surface area contributed by atoms with Gasteiger partial charge in [-0.25, -0.2) is 0 Å². The quantitative estimate of drug-likeness (QED) is 0.589. The van der Waals surface area contributed by atoms with Crippen LogP contribution in [0.3, 0.4) is 0 Å². The van der Waals surface area contributed by atoms with E-state index in [9.17, 15) is 0 Å². The standard InChI is InChI=1S/C24H38O10/c1-21(2)25-9-11(29-21)13-17-19(33-23(5,6)31-17)15(27-13)16-20-18(32-24(7,8)34-20)14(28-16)12-10-26-22(3,4)30-12/h11-20H,9-10H2,1-8H3/t11-,12-,13+,14+,15-,16-,17-,18-,19+,20+/m1/s1. The molecule has 6 fully saturated rings. The van der Waals surface area contributed by atoms with Crippen LogP contribution in [0.4, 0.5) is 0 Å². The zero-order valence-corrected chi connectivity index (χ0v) is 21.3. The monoisotopic (exact) mass is 486 g/mol. The first-order valence-corrected chi connectivity index (χ1v) is 12.4. The van der Waals surface area contributed by atoms with Gasteiger partial charge in [0.15, 0.2) is 23.1 Å². The molecule has 0 aliphatic carbocycles. The largest absolute Gasteiger partial charge is 0.364 e. The molecule has 6 saturated heterocycles. The highest BCUT2D eigenvalue weighted by Crippen LogP contribution is 2.49. The van der Waals surface area contributed by atoms with Crippen LogP contribution in [0.25, 0.3) is 0 Å². The van der Waals surface area contributed by atoms with Gasteiger partial charge in [-0.2, -0.15) is 0 Å². The fourth-order valence-electron chi connectivity index (χ4n) is 6.21. The van der Waals surface area contributed by atoms with E-state index in [0.717, 1.165) is 0 Å². The van der Waals surface area contributed by atoms with Gasteiger partial charge in [0.1, 0.15) is 61.0 Å². The molecule has 0 bridgehead atoms. The van der Waals surface area contributed by atoms with Crippen molar-refractivity contribution in [1.82, 2.24) is 0 Å². The maximum atomic E-state index is 6.62. The summed E-state index contributed by atoms with van der Waals surface area (Å²) in [6.45, 7) is 16.1. The second kappa shape index (κ2) is 7.56. The van der Waals surface area contributed by atoms with Crippen molar-refractivity contribution in [3.05, 3.63) is 0 Å². The van der Waals surface area contributed by atoms with Gasteiger partial charge in [-0.1, -0.05) is 0 Å². The number of hydrogen-bond donors (Lipinski definition) is 0. The summed E-state index contributed by atoms with van der Waals surface area (Å²) in [4.78, 5) is 0.